The van der Waals surface area contributed by atoms with Crippen molar-refractivity contribution in [3.8, 4) is 11.4 Å². The number of amides is 2. The van der Waals surface area contributed by atoms with Gasteiger partial charge in [-0.25, -0.2) is 4.98 Å². The van der Waals surface area contributed by atoms with E-state index in [0.717, 1.165) is 17.0 Å². The molecular weight excluding hydrogens is 388 g/mol. The maximum atomic E-state index is 12.3. The molecule has 3 aromatic rings. The molecule has 0 unspecified atom stereocenters. The second-order valence-electron chi connectivity index (χ2n) is 6.35. The minimum atomic E-state index is -0.145. The molecule has 0 saturated heterocycles. The van der Waals surface area contributed by atoms with E-state index in [2.05, 4.69) is 15.6 Å². The smallest absolute Gasteiger partial charge is 0.234 e. The summed E-state index contributed by atoms with van der Waals surface area (Å²) in [5.41, 5.74) is 3.32. The van der Waals surface area contributed by atoms with Gasteiger partial charge >= 0.3 is 0 Å². The van der Waals surface area contributed by atoms with E-state index in [-0.39, 0.29) is 17.6 Å². The van der Waals surface area contributed by atoms with Gasteiger partial charge in [0.25, 0.3) is 0 Å². The zero-order valence-corrected chi connectivity index (χ0v) is 17.2. The lowest BCUT2D eigenvalue weighted by molar-refractivity contribution is -0.114. The number of methoxy groups -OCH3 is 1. The molecule has 2 amide bonds. The van der Waals surface area contributed by atoms with Crippen molar-refractivity contribution >= 4 is 35.0 Å². The number of thioether (sulfide) groups is 1. The Labute approximate surface area is 173 Å². The van der Waals surface area contributed by atoms with Gasteiger partial charge in [0.1, 0.15) is 5.75 Å². The van der Waals surface area contributed by atoms with Gasteiger partial charge in [-0.2, -0.15) is 0 Å². The number of ether oxygens (including phenoxy) is 1. The van der Waals surface area contributed by atoms with Crippen LogP contribution in [0.3, 0.4) is 0 Å². The molecule has 0 aliphatic heterocycles. The molecule has 7 nitrogen and oxygen atoms in total. The lowest BCUT2D eigenvalue weighted by Gasteiger charge is -2.13. The van der Waals surface area contributed by atoms with Gasteiger partial charge in [0.2, 0.25) is 11.8 Å². The fraction of sp³-hybridized carbons (Fsp3) is 0.190. The first-order chi connectivity index (χ1) is 14.0. The third-order valence-electron chi connectivity index (χ3n) is 4.02. The van der Waals surface area contributed by atoms with Crippen molar-refractivity contribution in [1.82, 2.24) is 9.55 Å². The molecule has 2 aromatic carbocycles. The Hall–Kier alpha value is -3.26. The van der Waals surface area contributed by atoms with Crippen molar-refractivity contribution in [2.75, 3.05) is 23.5 Å². The van der Waals surface area contributed by atoms with Crippen LogP contribution in [0.25, 0.3) is 5.69 Å². The van der Waals surface area contributed by atoms with Gasteiger partial charge in [0.15, 0.2) is 5.16 Å². The molecule has 8 heteroatoms. The quantitative estimate of drug-likeness (QED) is 0.578. The van der Waals surface area contributed by atoms with E-state index in [9.17, 15) is 9.59 Å². The highest BCUT2D eigenvalue weighted by molar-refractivity contribution is 7.99. The number of benzene rings is 2. The van der Waals surface area contributed by atoms with Crippen LogP contribution in [0, 0.1) is 6.92 Å². The van der Waals surface area contributed by atoms with Crippen molar-refractivity contribution in [3.63, 3.8) is 0 Å². The molecule has 3 rings (SSSR count). The monoisotopic (exact) mass is 410 g/mol. The number of imidazole rings is 1. The highest BCUT2D eigenvalue weighted by atomic mass is 32.2. The van der Waals surface area contributed by atoms with Crippen molar-refractivity contribution < 1.29 is 14.3 Å². The number of nitrogens with zero attached hydrogens (tertiary/aromatic N) is 2. The number of hydrogen-bond acceptors (Lipinski definition) is 5. The van der Waals surface area contributed by atoms with Crippen LogP contribution >= 0.6 is 11.8 Å². The molecule has 1 aromatic heterocycles. The van der Waals surface area contributed by atoms with E-state index in [1.54, 1.807) is 37.6 Å². The standard InChI is InChI=1S/C21H22N4O3S/c1-14-4-9-19(28-3)18(12-14)25-11-10-22-21(25)29-13-20(27)24-17-7-5-16(6-8-17)23-15(2)26/h4-12H,13H2,1-3H3,(H,23,26)(H,24,27). The Balaban J connectivity index is 1.64. The third-order valence-corrected chi connectivity index (χ3v) is 4.99. The number of aromatic nitrogens is 2. The van der Waals surface area contributed by atoms with Crippen molar-refractivity contribution in [2.24, 2.45) is 0 Å². The molecule has 0 atom stereocenters. The zero-order chi connectivity index (χ0) is 20.8. The van der Waals surface area contributed by atoms with Crippen LogP contribution in [0.2, 0.25) is 0 Å². The molecule has 0 fully saturated rings. The topological polar surface area (TPSA) is 85.2 Å². The molecule has 29 heavy (non-hydrogen) atoms. The highest BCUT2D eigenvalue weighted by Crippen LogP contribution is 2.28. The number of hydrogen-bond donors (Lipinski definition) is 2. The molecule has 0 saturated carbocycles. The predicted octanol–water partition coefficient (Wildman–Crippen LogP) is 3.88. The average molecular weight is 410 g/mol. The Morgan fingerprint density at radius 3 is 2.45 bits per heavy atom. The van der Waals surface area contributed by atoms with Gasteiger partial charge < -0.3 is 15.4 Å². The van der Waals surface area contributed by atoms with E-state index >= 15 is 0 Å². The Bertz CT molecular complexity index is 1020. The lowest BCUT2D eigenvalue weighted by Crippen LogP contribution is -2.14. The maximum Gasteiger partial charge on any atom is 0.234 e. The number of nitrogens with one attached hydrogen (secondary N) is 2. The highest BCUT2D eigenvalue weighted by Gasteiger charge is 2.13. The number of rotatable bonds is 7. The summed E-state index contributed by atoms with van der Waals surface area (Å²) in [5.74, 6) is 0.657. The molecule has 0 radical (unpaired) electrons. The number of carbonyl (C=O) groups is 2. The van der Waals surface area contributed by atoms with E-state index in [1.165, 1.54) is 18.7 Å². The van der Waals surface area contributed by atoms with Gasteiger partial charge in [-0.3, -0.25) is 14.2 Å². The van der Waals surface area contributed by atoms with Crippen LogP contribution in [0.5, 0.6) is 5.75 Å². The van der Waals surface area contributed by atoms with E-state index < -0.39 is 0 Å². The molecule has 0 aliphatic carbocycles. The molecular formula is C21H22N4O3S. The maximum absolute atomic E-state index is 12.3. The molecule has 1 heterocycles. The molecule has 0 aliphatic rings. The lowest BCUT2D eigenvalue weighted by atomic mass is 10.2. The average Bonchev–Trinajstić information content (AvgIpc) is 3.16. The second kappa shape index (κ2) is 9.29. The van der Waals surface area contributed by atoms with Crippen LogP contribution in [0.1, 0.15) is 12.5 Å². The summed E-state index contributed by atoms with van der Waals surface area (Å²) >= 11 is 1.34. The van der Waals surface area contributed by atoms with Crippen LogP contribution in [-0.2, 0) is 9.59 Å². The summed E-state index contributed by atoms with van der Waals surface area (Å²) in [7, 11) is 1.63. The van der Waals surface area contributed by atoms with E-state index in [4.69, 9.17) is 4.74 Å². The summed E-state index contributed by atoms with van der Waals surface area (Å²) in [4.78, 5) is 27.8. The van der Waals surface area contributed by atoms with Crippen LogP contribution < -0.4 is 15.4 Å². The number of carbonyl (C=O) groups excluding carboxylic acids is 2. The second-order valence-corrected chi connectivity index (χ2v) is 7.29. The zero-order valence-electron chi connectivity index (χ0n) is 16.4. The van der Waals surface area contributed by atoms with Crippen molar-refractivity contribution in [1.29, 1.82) is 0 Å². The number of aryl methyl sites for hydroxylation is 1. The van der Waals surface area contributed by atoms with E-state index in [0.29, 0.717) is 16.5 Å². The van der Waals surface area contributed by atoms with Crippen LogP contribution in [0.4, 0.5) is 11.4 Å². The number of anilines is 2. The summed E-state index contributed by atoms with van der Waals surface area (Å²) in [6, 6.07) is 12.9. The summed E-state index contributed by atoms with van der Waals surface area (Å²) in [6.45, 7) is 3.46. The predicted molar refractivity (Wildman–Crippen MR) is 115 cm³/mol. The van der Waals surface area contributed by atoms with E-state index in [1.807, 2.05) is 35.9 Å². The van der Waals surface area contributed by atoms with Crippen LogP contribution in [0.15, 0.2) is 60.0 Å². The van der Waals surface area contributed by atoms with Gasteiger partial charge in [-0.1, -0.05) is 17.8 Å². The van der Waals surface area contributed by atoms with Gasteiger partial charge in [0, 0.05) is 30.7 Å². The Morgan fingerprint density at radius 1 is 1.10 bits per heavy atom. The van der Waals surface area contributed by atoms with Crippen molar-refractivity contribution in [2.45, 2.75) is 19.0 Å². The molecule has 0 spiro atoms. The summed E-state index contributed by atoms with van der Waals surface area (Å²) in [5, 5.41) is 6.23. The Kier molecular flexibility index (Phi) is 6.56. The molecule has 2 N–H and O–H groups in total. The molecule has 150 valence electrons. The fourth-order valence-corrected chi connectivity index (χ4v) is 3.50. The van der Waals surface area contributed by atoms with Gasteiger partial charge in [0.05, 0.1) is 18.6 Å². The SMILES string of the molecule is COc1ccc(C)cc1-n1ccnc1SCC(=O)Nc1ccc(NC(C)=O)cc1. The third kappa shape index (κ3) is 5.39. The summed E-state index contributed by atoms with van der Waals surface area (Å²) < 4.78 is 7.36. The largest absolute Gasteiger partial charge is 0.495 e. The first kappa shape index (κ1) is 20.5. The molecule has 0 bridgehead atoms. The van der Waals surface area contributed by atoms with Gasteiger partial charge in [-0.15, -0.1) is 0 Å². The first-order valence-electron chi connectivity index (χ1n) is 8.95. The summed E-state index contributed by atoms with van der Waals surface area (Å²) in [6.07, 6.45) is 3.54. The van der Waals surface area contributed by atoms with Crippen LogP contribution in [-0.4, -0.2) is 34.2 Å². The van der Waals surface area contributed by atoms with Crippen molar-refractivity contribution in [3.05, 3.63) is 60.4 Å². The minimum absolute atomic E-state index is 0.140. The first-order valence-corrected chi connectivity index (χ1v) is 9.93. The fourth-order valence-electron chi connectivity index (χ4n) is 2.74. The Morgan fingerprint density at radius 2 is 1.79 bits per heavy atom. The van der Waals surface area contributed by atoms with Gasteiger partial charge in [-0.05, 0) is 48.9 Å². The minimum Gasteiger partial charge on any atom is -0.495 e. The normalized spacial score (nSPS) is 10.4.